The fourth-order valence-corrected chi connectivity index (χ4v) is 4.38. The van der Waals surface area contributed by atoms with Crippen LogP contribution in [0.2, 0.25) is 0 Å². The maximum atomic E-state index is 12.1. The Kier molecular flexibility index (Phi) is 6.32. The van der Waals surface area contributed by atoms with Crippen molar-refractivity contribution in [2.75, 3.05) is 18.0 Å². The molecule has 3 rings (SSSR count). The van der Waals surface area contributed by atoms with Crippen molar-refractivity contribution >= 4 is 29.2 Å². The quantitative estimate of drug-likeness (QED) is 0.556. The molecule has 0 spiro atoms. The van der Waals surface area contributed by atoms with Crippen molar-refractivity contribution in [3.05, 3.63) is 52.6 Å². The lowest BCUT2D eigenvalue weighted by Crippen LogP contribution is -2.23. The van der Waals surface area contributed by atoms with Crippen LogP contribution < -0.4 is 10.6 Å². The smallest absolute Gasteiger partial charge is 0.235 e. The van der Waals surface area contributed by atoms with Crippen LogP contribution in [0.5, 0.6) is 0 Å². The van der Waals surface area contributed by atoms with Gasteiger partial charge in [0, 0.05) is 25.5 Å². The van der Waals surface area contributed by atoms with Crippen molar-refractivity contribution in [2.24, 2.45) is 5.73 Å². The van der Waals surface area contributed by atoms with Gasteiger partial charge in [-0.2, -0.15) is 5.26 Å². The van der Waals surface area contributed by atoms with Crippen molar-refractivity contribution in [2.45, 2.75) is 36.1 Å². The molecule has 1 fully saturated rings. The summed E-state index contributed by atoms with van der Waals surface area (Å²) in [5.41, 5.74) is 7.42. The highest BCUT2D eigenvalue weighted by atomic mass is 32.2. The predicted octanol–water partition coefficient (Wildman–Crippen LogP) is 2.35. The number of β-amino-alcohol motifs (C(OH)–C–C–N with tert-alkyl or cyclic N) is 1. The van der Waals surface area contributed by atoms with Crippen LogP contribution in [0.15, 0.2) is 29.6 Å². The van der Waals surface area contributed by atoms with E-state index in [1.54, 1.807) is 24.5 Å². The van der Waals surface area contributed by atoms with Crippen molar-refractivity contribution in [1.82, 2.24) is 9.97 Å². The second-order valence-corrected chi connectivity index (χ2v) is 7.69. The van der Waals surface area contributed by atoms with E-state index >= 15 is 0 Å². The zero-order valence-electron chi connectivity index (χ0n) is 15.9. The Hall–Kier alpha value is -3.14. The second kappa shape index (κ2) is 8.91. The molecular formula is C20H20N6O2S. The van der Waals surface area contributed by atoms with Gasteiger partial charge in [0.1, 0.15) is 22.2 Å². The van der Waals surface area contributed by atoms with Gasteiger partial charge in [0.25, 0.3) is 0 Å². The monoisotopic (exact) mass is 408 g/mol. The van der Waals surface area contributed by atoms with Crippen LogP contribution in [0, 0.1) is 17.9 Å². The first-order valence-corrected chi connectivity index (χ1v) is 10.0. The van der Waals surface area contributed by atoms with Gasteiger partial charge in [0.2, 0.25) is 11.6 Å². The Balaban J connectivity index is 2.13. The number of thioether (sulfide) groups is 1. The van der Waals surface area contributed by atoms with E-state index in [2.05, 4.69) is 20.9 Å². The number of nitrogens with zero attached hydrogens (tertiary/aromatic N) is 5. The molecule has 0 saturated carbocycles. The van der Waals surface area contributed by atoms with E-state index in [1.807, 2.05) is 11.8 Å². The number of aliphatic hydroxyl groups is 1. The molecule has 3 heterocycles. The number of carbonyl (C=O) groups excluding carboxylic acids is 1. The number of nitriles is 1. The van der Waals surface area contributed by atoms with E-state index < -0.39 is 17.3 Å². The highest BCUT2D eigenvalue weighted by Crippen LogP contribution is 2.42. The molecule has 2 aromatic rings. The number of carbonyl (C=O) groups is 1. The number of rotatable bonds is 6. The lowest BCUT2D eigenvalue weighted by Gasteiger charge is -2.23. The van der Waals surface area contributed by atoms with Gasteiger partial charge in [-0.15, -0.1) is 0 Å². The molecule has 2 atom stereocenters. The van der Waals surface area contributed by atoms with E-state index in [0.29, 0.717) is 53.6 Å². The van der Waals surface area contributed by atoms with Crippen molar-refractivity contribution in [3.63, 3.8) is 0 Å². The molecule has 148 valence electrons. The van der Waals surface area contributed by atoms with Crippen molar-refractivity contribution < 1.29 is 9.90 Å². The molecule has 1 aliphatic heterocycles. The number of hydrogen-bond donors (Lipinski definition) is 2. The third kappa shape index (κ3) is 4.16. The van der Waals surface area contributed by atoms with Crippen LogP contribution in [-0.2, 0) is 11.2 Å². The Labute approximate surface area is 173 Å². The second-order valence-electron chi connectivity index (χ2n) is 6.60. The molecule has 1 saturated heterocycles. The third-order valence-corrected chi connectivity index (χ3v) is 5.99. The van der Waals surface area contributed by atoms with Gasteiger partial charge in [-0.1, -0.05) is 24.8 Å². The number of amides is 1. The first kappa shape index (κ1) is 20.6. The van der Waals surface area contributed by atoms with Gasteiger partial charge in [-0.05, 0) is 30.0 Å². The molecule has 29 heavy (non-hydrogen) atoms. The number of pyridine rings is 2. The highest BCUT2D eigenvalue weighted by Gasteiger charge is 2.30. The van der Waals surface area contributed by atoms with Crippen LogP contribution >= 0.6 is 11.8 Å². The fourth-order valence-electron chi connectivity index (χ4n) is 3.34. The molecule has 3 N–H and O–H groups in total. The SMILES string of the molecule is [C-]#[N+]c1c(N2CC[C@H](O)C2)nc(SC(C(N)=O)c2cccnc2)c(C#N)c1CC. The first-order valence-electron chi connectivity index (χ1n) is 9.13. The number of aromatic nitrogens is 2. The van der Waals surface area contributed by atoms with Crippen LogP contribution in [0.1, 0.15) is 35.3 Å². The maximum Gasteiger partial charge on any atom is 0.235 e. The lowest BCUT2D eigenvalue weighted by atomic mass is 10.1. The molecule has 0 radical (unpaired) electrons. The summed E-state index contributed by atoms with van der Waals surface area (Å²) in [5, 5.41) is 19.3. The van der Waals surface area contributed by atoms with Gasteiger partial charge >= 0.3 is 0 Å². The lowest BCUT2D eigenvalue weighted by molar-refractivity contribution is -0.117. The highest BCUT2D eigenvalue weighted by molar-refractivity contribution is 8.00. The zero-order chi connectivity index (χ0) is 21.0. The summed E-state index contributed by atoms with van der Waals surface area (Å²) in [6.07, 6.45) is 3.72. The Bertz CT molecular complexity index is 999. The van der Waals surface area contributed by atoms with E-state index in [4.69, 9.17) is 12.3 Å². The minimum Gasteiger partial charge on any atom is -0.391 e. The van der Waals surface area contributed by atoms with Gasteiger partial charge in [-0.3, -0.25) is 9.78 Å². The summed E-state index contributed by atoms with van der Waals surface area (Å²) >= 11 is 1.08. The van der Waals surface area contributed by atoms with Gasteiger partial charge in [0.15, 0.2) is 0 Å². The number of nitrogens with two attached hydrogens (primary N) is 1. The Morgan fingerprint density at radius 3 is 2.93 bits per heavy atom. The van der Waals surface area contributed by atoms with E-state index in [9.17, 15) is 15.2 Å². The molecule has 2 aromatic heterocycles. The summed E-state index contributed by atoms with van der Waals surface area (Å²) in [6.45, 7) is 10.4. The number of hydrogen-bond acceptors (Lipinski definition) is 7. The number of aliphatic hydroxyl groups excluding tert-OH is 1. The number of primary amides is 1. The average molecular weight is 408 g/mol. The molecule has 1 aliphatic rings. The van der Waals surface area contributed by atoms with Crippen molar-refractivity contribution in [1.29, 1.82) is 5.26 Å². The molecular weight excluding hydrogens is 388 g/mol. The van der Waals surface area contributed by atoms with Gasteiger partial charge < -0.3 is 15.7 Å². The average Bonchev–Trinajstić information content (AvgIpc) is 3.17. The minimum absolute atomic E-state index is 0.280. The largest absolute Gasteiger partial charge is 0.391 e. The first-order chi connectivity index (χ1) is 14.0. The predicted molar refractivity (Wildman–Crippen MR) is 109 cm³/mol. The molecule has 0 bridgehead atoms. The summed E-state index contributed by atoms with van der Waals surface area (Å²) in [7, 11) is 0. The zero-order valence-corrected chi connectivity index (χ0v) is 16.7. The Morgan fingerprint density at radius 2 is 2.41 bits per heavy atom. The van der Waals surface area contributed by atoms with Gasteiger partial charge in [-0.25, -0.2) is 9.83 Å². The minimum atomic E-state index is -0.774. The number of anilines is 1. The van der Waals surface area contributed by atoms with Crippen molar-refractivity contribution in [3.8, 4) is 6.07 Å². The molecule has 9 heteroatoms. The molecule has 0 aliphatic carbocycles. The van der Waals surface area contributed by atoms with Crippen LogP contribution in [0.25, 0.3) is 4.85 Å². The normalized spacial score (nSPS) is 16.8. The van der Waals surface area contributed by atoms with E-state index in [0.717, 1.165) is 11.8 Å². The molecule has 1 amide bonds. The third-order valence-electron chi connectivity index (χ3n) is 4.74. The summed E-state index contributed by atoms with van der Waals surface area (Å²) < 4.78 is 0. The van der Waals surface area contributed by atoms with Crippen LogP contribution in [-0.4, -0.2) is 40.2 Å². The summed E-state index contributed by atoms with van der Waals surface area (Å²) in [6, 6.07) is 5.60. The maximum absolute atomic E-state index is 12.1. The molecule has 8 nitrogen and oxygen atoms in total. The Morgan fingerprint density at radius 1 is 1.62 bits per heavy atom. The standard InChI is InChI=1S/C20H20N6O2S/c1-3-14-15(9-21)20(29-17(18(22)28)12-5-4-7-24-10-12)25-19(16(14)23-2)26-8-6-13(27)11-26/h4-5,7,10,13,17,27H,3,6,8,11H2,1H3,(H2,22,28)/t13-,17?/m0/s1. The molecule has 1 unspecified atom stereocenters. The van der Waals surface area contributed by atoms with E-state index in [-0.39, 0.29) is 5.56 Å². The summed E-state index contributed by atoms with van der Waals surface area (Å²) in [5.74, 6) is -0.136. The van der Waals surface area contributed by atoms with Crippen LogP contribution in [0.4, 0.5) is 11.5 Å². The van der Waals surface area contributed by atoms with Gasteiger partial charge in [0.05, 0.1) is 18.2 Å². The topological polar surface area (TPSA) is 120 Å². The van der Waals surface area contributed by atoms with Crippen LogP contribution in [0.3, 0.4) is 0 Å². The fraction of sp³-hybridized carbons (Fsp3) is 0.350. The molecule has 0 aromatic carbocycles. The summed E-state index contributed by atoms with van der Waals surface area (Å²) in [4.78, 5) is 26.3. The van der Waals surface area contributed by atoms with E-state index in [1.165, 1.54) is 0 Å².